The molecule has 0 aliphatic rings. The van der Waals surface area contributed by atoms with Crippen molar-refractivity contribution in [2.45, 2.75) is 53.1 Å². The van der Waals surface area contributed by atoms with Crippen LogP contribution in [0.25, 0.3) is 0 Å². The van der Waals surface area contributed by atoms with Gasteiger partial charge in [-0.2, -0.15) is 0 Å². The van der Waals surface area contributed by atoms with Gasteiger partial charge in [-0.3, -0.25) is 4.79 Å². The van der Waals surface area contributed by atoms with Crippen molar-refractivity contribution in [1.82, 2.24) is 4.90 Å². The van der Waals surface area contributed by atoms with E-state index in [2.05, 4.69) is 32.9 Å². The maximum atomic E-state index is 12.0. The lowest BCUT2D eigenvalue weighted by molar-refractivity contribution is -0.130. The van der Waals surface area contributed by atoms with E-state index in [0.29, 0.717) is 13.0 Å². The van der Waals surface area contributed by atoms with Gasteiger partial charge in [-0.1, -0.05) is 17.7 Å². The molecule has 1 atom stereocenters. The molecule has 0 aromatic heterocycles. The van der Waals surface area contributed by atoms with E-state index in [-0.39, 0.29) is 11.9 Å². The number of benzene rings is 1. The zero-order valence-corrected chi connectivity index (χ0v) is 12.8. The molecule has 19 heavy (non-hydrogen) atoms. The Kier molecular flexibility index (Phi) is 5.55. The summed E-state index contributed by atoms with van der Waals surface area (Å²) in [6, 6.07) is 4.42. The summed E-state index contributed by atoms with van der Waals surface area (Å²) in [6.07, 6.45) is 1.27. The van der Waals surface area contributed by atoms with Gasteiger partial charge in [0.05, 0.1) is 0 Å². The number of amides is 1. The second-order valence-corrected chi connectivity index (χ2v) is 5.64. The molecule has 1 rings (SSSR count). The van der Waals surface area contributed by atoms with Crippen LogP contribution in [0.5, 0.6) is 0 Å². The fourth-order valence-electron chi connectivity index (χ4n) is 2.33. The first-order valence-corrected chi connectivity index (χ1v) is 6.87. The quantitative estimate of drug-likeness (QED) is 0.887. The van der Waals surface area contributed by atoms with Crippen molar-refractivity contribution in [1.29, 1.82) is 0 Å². The van der Waals surface area contributed by atoms with Crippen molar-refractivity contribution in [3.05, 3.63) is 34.4 Å². The highest BCUT2D eigenvalue weighted by atomic mass is 16.2. The molecule has 3 nitrogen and oxygen atoms in total. The standard InChI is InChI=1S/C16H26N2O/c1-11-8-12(2)15(13(3)9-11)10-18(5)16(19)7-6-14(4)17/h8-9,14H,6-7,10,17H2,1-5H3. The van der Waals surface area contributed by atoms with Gasteiger partial charge in [-0.15, -0.1) is 0 Å². The Hall–Kier alpha value is -1.35. The zero-order chi connectivity index (χ0) is 14.6. The van der Waals surface area contributed by atoms with Crippen LogP contribution >= 0.6 is 0 Å². The minimum Gasteiger partial charge on any atom is -0.341 e. The fraction of sp³-hybridized carbons (Fsp3) is 0.562. The highest BCUT2D eigenvalue weighted by Crippen LogP contribution is 2.18. The van der Waals surface area contributed by atoms with E-state index in [1.807, 2.05) is 14.0 Å². The Bertz CT molecular complexity index is 429. The first kappa shape index (κ1) is 15.7. The lowest BCUT2D eigenvalue weighted by Crippen LogP contribution is -2.28. The third-order valence-electron chi connectivity index (χ3n) is 3.47. The van der Waals surface area contributed by atoms with Crippen molar-refractivity contribution in [2.24, 2.45) is 5.73 Å². The average molecular weight is 262 g/mol. The number of carbonyl (C=O) groups is 1. The first-order chi connectivity index (χ1) is 8.81. The summed E-state index contributed by atoms with van der Waals surface area (Å²) < 4.78 is 0. The van der Waals surface area contributed by atoms with Crippen LogP contribution in [0.1, 0.15) is 42.0 Å². The predicted molar refractivity (Wildman–Crippen MR) is 80.0 cm³/mol. The molecule has 0 spiro atoms. The van der Waals surface area contributed by atoms with Crippen LogP contribution in [0.4, 0.5) is 0 Å². The van der Waals surface area contributed by atoms with Crippen LogP contribution in [0.2, 0.25) is 0 Å². The van der Waals surface area contributed by atoms with Crippen LogP contribution in [-0.4, -0.2) is 23.9 Å². The van der Waals surface area contributed by atoms with Crippen molar-refractivity contribution >= 4 is 5.91 Å². The highest BCUT2D eigenvalue weighted by Gasteiger charge is 2.12. The van der Waals surface area contributed by atoms with E-state index in [4.69, 9.17) is 5.73 Å². The summed E-state index contributed by atoms with van der Waals surface area (Å²) >= 11 is 0. The number of carbonyl (C=O) groups excluding carboxylic acids is 1. The molecule has 0 saturated heterocycles. The van der Waals surface area contributed by atoms with Crippen LogP contribution in [0, 0.1) is 20.8 Å². The first-order valence-electron chi connectivity index (χ1n) is 6.87. The Morgan fingerprint density at radius 1 is 1.26 bits per heavy atom. The molecule has 0 aliphatic heterocycles. The van der Waals surface area contributed by atoms with Gasteiger partial charge in [0.25, 0.3) is 0 Å². The number of hydrogen-bond donors (Lipinski definition) is 1. The predicted octanol–water partition coefficient (Wildman–Crippen LogP) is 2.70. The zero-order valence-electron chi connectivity index (χ0n) is 12.8. The Morgan fingerprint density at radius 2 is 1.79 bits per heavy atom. The molecule has 0 heterocycles. The molecule has 1 amide bonds. The molecular formula is C16H26N2O. The van der Waals surface area contributed by atoms with Crippen LogP contribution in [0.15, 0.2) is 12.1 Å². The second kappa shape index (κ2) is 6.71. The van der Waals surface area contributed by atoms with E-state index in [0.717, 1.165) is 6.42 Å². The van der Waals surface area contributed by atoms with E-state index < -0.39 is 0 Å². The molecule has 0 fully saturated rings. The molecule has 1 aromatic rings. The number of hydrogen-bond acceptors (Lipinski definition) is 2. The maximum absolute atomic E-state index is 12.0. The van der Waals surface area contributed by atoms with E-state index >= 15 is 0 Å². The minimum absolute atomic E-state index is 0.0835. The summed E-state index contributed by atoms with van der Waals surface area (Å²) in [5, 5.41) is 0. The van der Waals surface area contributed by atoms with E-state index in [9.17, 15) is 4.79 Å². The monoisotopic (exact) mass is 262 g/mol. The molecule has 2 N–H and O–H groups in total. The van der Waals surface area contributed by atoms with Crippen molar-refractivity contribution < 1.29 is 4.79 Å². The van der Waals surface area contributed by atoms with Crippen LogP contribution in [-0.2, 0) is 11.3 Å². The second-order valence-electron chi connectivity index (χ2n) is 5.64. The molecule has 106 valence electrons. The van der Waals surface area contributed by atoms with Gasteiger partial charge in [0.1, 0.15) is 0 Å². The number of aryl methyl sites for hydroxylation is 3. The van der Waals surface area contributed by atoms with Gasteiger partial charge in [0.2, 0.25) is 5.91 Å². The van der Waals surface area contributed by atoms with Gasteiger partial charge in [-0.25, -0.2) is 0 Å². The maximum Gasteiger partial charge on any atom is 0.222 e. The van der Waals surface area contributed by atoms with E-state index in [1.54, 1.807) is 4.90 Å². The van der Waals surface area contributed by atoms with Gasteiger partial charge in [-0.05, 0) is 50.8 Å². The smallest absolute Gasteiger partial charge is 0.222 e. The summed E-state index contributed by atoms with van der Waals surface area (Å²) in [5.74, 6) is 0.164. The summed E-state index contributed by atoms with van der Waals surface area (Å²) in [5.41, 5.74) is 10.7. The molecule has 1 unspecified atom stereocenters. The van der Waals surface area contributed by atoms with Crippen molar-refractivity contribution in [3.63, 3.8) is 0 Å². The molecular weight excluding hydrogens is 236 g/mol. The summed E-state index contributed by atoms with van der Waals surface area (Å²) in [7, 11) is 1.86. The third kappa shape index (κ3) is 4.67. The lowest BCUT2D eigenvalue weighted by Gasteiger charge is -2.21. The van der Waals surface area contributed by atoms with Crippen molar-refractivity contribution in [3.8, 4) is 0 Å². The average Bonchev–Trinajstić information content (AvgIpc) is 2.30. The molecule has 0 aliphatic carbocycles. The lowest BCUT2D eigenvalue weighted by atomic mass is 9.99. The Labute approximate surface area is 116 Å². The van der Waals surface area contributed by atoms with Crippen LogP contribution in [0.3, 0.4) is 0 Å². The molecule has 0 radical (unpaired) electrons. The molecule has 1 aromatic carbocycles. The van der Waals surface area contributed by atoms with Gasteiger partial charge in [0, 0.05) is 26.1 Å². The van der Waals surface area contributed by atoms with E-state index in [1.165, 1.54) is 22.3 Å². The van der Waals surface area contributed by atoms with Crippen LogP contribution < -0.4 is 5.73 Å². The topological polar surface area (TPSA) is 46.3 Å². The number of rotatable bonds is 5. The Balaban J connectivity index is 2.71. The van der Waals surface area contributed by atoms with Gasteiger partial charge >= 0.3 is 0 Å². The summed E-state index contributed by atoms with van der Waals surface area (Å²) in [6.45, 7) is 8.92. The minimum atomic E-state index is 0.0835. The SMILES string of the molecule is Cc1cc(C)c(CN(C)C(=O)CCC(C)N)c(C)c1. The molecule has 0 bridgehead atoms. The highest BCUT2D eigenvalue weighted by molar-refractivity contribution is 5.76. The van der Waals surface area contributed by atoms with Crippen molar-refractivity contribution in [2.75, 3.05) is 7.05 Å². The van der Waals surface area contributed by atoms with Gasteiger partial charge < -0.3 is 10.6 Å². The number of nitrogens with two attached hydrogens (primary N) is 1. The largest absolute Gasteiger partial charge is 0.341 e. The number of nitrogens with zero attached hydrogens (tertiary/aromatic N) is 1. The fourth-order valence-corrected chi connectivity index (χ4v) is 2.33. The molecule has 3 heteroatoms. The molecule has 0 saturated carbocycles. The summed E-state index contributed by atoms with van der Waals surface area (Å²) in [4.78, 5) is 13.8. The third-order valence-corrected chi connectivity index (χ3v) is 3.47. The normalized spacial score (nSPS) is 12.3. The van der Waals surface area contributed by atoms with Gasteiger partial charge in [0.15, 0.2) is 0 Å². The Morgan fingerprint density at radius 3 is 2.26 bits per heavy atom.